The van der Waals surface area contributed by atoms with Gasteiger partial charge in [-0.05, 0) is 30.3 Å². The molecule has 0 bridgehead atoms. The number of ether oxygens (including phenoxy) is 1. The summed E-state index contributed by atoms with van der Waals surface area (Å²) in [5.74, 6) is -0.781. The van der Waals surface area contributed by atoms with Crippen LogP contribution in [0, 0.1) is 0 Å². The molecular formula is C13H8ClF3O3. The van der Waals surface area contributed by atoms with E-state index >= 15 is 0 Å². The first kappa shape index (κ1) is 14.5. The van der Waals surface area contributed by atoms with Crippen LogP contribution in [0.1, 0.15) is 16.1 Å². The maximum absolute atomic E-state index is 12.7. The molecule has 2 rings (SSSR count). The monoisotopic (exact) mass is 304 g/mol. The Morgan fingerprint density at radius 2 is 1.95 bits per heavy atom. The summed E-state index contributed by atoms with van der Waals surface area (Å²) in [5, 5.41) is 0.0868. The maximum Gasteiger partial charge on any atom is 0.416 e. The molecule has 1 aromatic heterocycles. The molecule has 0 saturated heterocycles. The average Bonchev–Trinajstić information content (AvgIpc) is 2.86. The predicted molar refractivity (Wildman–Crippen MR) is 65.5 cm³/mol. The predicted octanol–water partition coefficient (Wildman–Crippen LogP) is 4.41. The van der Waals surface area contributed by atoms with Crippen molar-refractivity contribution in [3.8, 4) is 11.3 Å². The van der Waals surface area contributed by atoms with Crippen LogP contribution in [0.15, 0.2) is 34.7 Å². The molecule has 0 aliphatic rings. The van der Waals surface area contributed by atoms with Gasteiger partial charge in [-0.1, -0.05) is 11.6 Å². The Morgan fingerprint density at radius 3 is 2.55 bits per heavy atom. The fourth-order valence-electron chi connectivity index (χ4n) is 1.58. The van der Waals surface area contributed by atoms with Crippen molar-refractivity contribution in [1.29, 1.82) is 0 Å². The van der Waals surface area contributed by atoms with Gasteiger partial charge in [0.1, 0.15) is 5.76 Å². The SMILES string of the molecule is COC(=O)c1ccc(-c2cc(C(F)(F)F)ccc2Cl)o1. The number of benzene rings is 1. The molecule has 1 aromatic carbocycles. The minimum atomic E-state index is -4.49. The van der Waals surface area contributed by atoms with E-state index < -0.39 is 17.7 Å². The number of rotatable bonds is 2. The minimum absolute atomic E-state index is 0.0524. The Labute approximate surface area is 116 Å². The van der Waals surface area contributed by atoms with Gasteiger partial charge in [0.05, 0.1) is 17.7 Å². The quantitative estimate of drug-likeness (QED) is 0.772. The molecule has 0 unspecified atom stereocenters. The molecule has 0 spiro atoms. The highest BCUT2D eigenvalue weighted by Crippen LogP contribution is 2.36. The zero-order valence-corrected chi connectivity index (χ0v) is 10.9. The van der Waals surface area contributed by atoms with Gasteiger partial charge < -0.3 is 9.15 Å². The fraction of sp³-hybridized carbons (Fsp3) is 0.154. The zero-order chi connectivity index (χ0) is 14.9. The lowest BCUT2D eigenvalue weighted by Gasteiger charge is -2.09. The first-order valence-electron chi connectivity index (χ1n) is 5.38. The molecule has 0 atom stereocenters. The van der Waals surface area contributed by atoms with Crippen molar-refractivity contribution in [2.24, 2.45) is 0 Å². The minimum Gasteiger partial charge on any atom is -0.463 e. The summed E-state index contributed by atoms with van der Waals surface area (Å²) in [6.45, 7) is 0. The molecule has 7 heteroatoms. The van der Waals surface area contributed by atoms with Gasteiger partial charge >= 0.3 is 12.1 Å². The van der Waals surface area contributed by atoms with Gasteiger partial charge in [-0.15, -0.1) is 0 Å². The van der Waals surface area contributed by atoms with Crippen LogP contribution in [-0.4, -0.2) is 13.1 Å². The lowest BCUT2D eigenvalue weighted by atomic mass is 10.1. The molecule has 1 heterocycles. The number of halogens is 4. The average molecular weight is 305 g/mol. The number of alkyl halides is 3. The van der Waals surface area contributed by atoms with Crippen molar-refractivity contribution in [2.75, 3.05) is 7.11 Å². The summed E-state index contributed by atoms with van der Waals surface area (Å²) < 4.78 is 47.6. The molecule has 2 aromatic rings. The Kier molecular flexibility index (Phi) is 3.76. The first-order valence-corrected chi connectivity index (χ1v) is 5.76. The second-order valence-corrected chi connectivity index (χ2v) is 4.26. The third kappa shape index (κ3) is 2.80. The summed E-state index contributed by atoms with van der Waals surface area (Å²) in [6.07, 6.45) is -4.49. The van der Waals surface area contributed by atoms with Crippen LogP contribution in [-0.2, 0) is 10.9 Å². The molecule has 106 valence electrons. The smallest absolute Gasteiger partial charge is 0.416 e. The van der Waals surface area contributed by atoms with Gasteiger partial charge in [0, 0.05) is 5.56 Å². The molecule has 0 fully saturated rings. The van der Waals surface area contributed by atoms with Crippen LogP contribution in [0.4, 0.5) is 13.2 Å². The zero-order valence-electron chi connectivity index (χ0n) is 10.1. The van der Waals surface area contributed by atoms with E-state index in [4.69, 9.17) is 16.0 Å². The van der Waals surface area contributed by atoms with E-state index in [2.05, 4.69) is 4.74 Å². The number of furan rings is 1. The van der Waals surface area contributed by atoms with Crippen molar-refractivity contribution in [3.05, 3.63) is 46.7 Å². The molecule has 0 amide bonds. The van der Waals surface area contributed by atoms with Gasteiger partial charge in [0.25, 0.3) is 0 Å². The van der Waals surface area contributed by atoms with Crippen molar-refractivity contribution >= 4 is 17.6 Å². The summed E-state index contributed by atoms with van der Waals surface area (Å²) in [5.41, 5.74) is -0.801. The van der Waals surface area contributed by atoms with E-state index in [1.807, 2.05) is 0 Å². The van der Waals surface area contributed by atoms with Gasteiger partial charge in [-0.3, -0.25) is 0 Å². The van der Waals surface area contributed by atoms with E-state index in [0.29, 0.717) is 0 Å². The standard InChI is InChI=1S/C13H8ClF3O3/c1-19-12(18)11-5-4-10(20-11)8-6-7(13(15,16)17)2-3-9(8)14/h2-6H,1H3. The number of carbonyl (C=O) groups excluding carboxylic acids is 1. The lowest BCUT2D eigenvalue weighted by Crippen LogP contribution is -2.04. The van der Waals surface area contributed by atoms with Crippen LogP contribution in [0.2, 0.25) is 5.02 Å². The van der Waals surface area contributed by atoms with Crippen molar-refractivity contribution in [3.63, 3.8) is 0 Å². The second-order valence-electron chi connectivity index (χ2n) is 3.85. The summed E-state index contributed by atoms with van der Waals surface area (Å²) in [6, 6.07) is 5.52. The fourth-order valence-corrected chi connectivity index (χ4v) is 1.79. The number of hydrogen-bond acceptors (Lipinski definition) is 3. The largest absolute Gasteiger partial charge is 0.463 e. The second kappa shape index (κ2) is 5.20. The summed E-state index contributed by atoms with van der Waals surface area (Å²) >= 11 is 5.86. The van der Waals surface area contributed by atoms with Gasteiger partial charge in [-0.25, -0.2) is 4.79 Å². The summed E-state index contributed by atoms with van der Waals surface area (Å²) in [7, 11) is 1.17. The van der Waals surface area contributed by atoms with E-state index in [-0.39, 0.29) is 22.1 Å². The molecule has 0 aliphatic carbocycles. The van der Waals surface area contributed by atoms with E-state index in [1.54, 1.807) is 0 Å². The van der Waals surface area contributed by atoms with Gasteiger partial charge in [0.15, 0.2) is 0 Å². The van der Waals surface area contributed by atoms with Crippen molar-refractivity contribution in [1.82, 2.24) is 0 Å². The van der Waals surface area contributed by atoms with E-state index in [0.717, 1.165) is 18.2 Å². The highest BCUT2D eigenvalue weighted by molar-refractivity contribution is 6.33. The Morgan fingerprint density at radius 1 is 1.25 bits per heavy atom. The number of methoxy groups -OCH3 is 1. The number of esters is 1. The number of carbonyl (C=O) groups is 1. The first-order chi connectivity index (χ1) is 9.32. The van der Waals surface area contributed by atoms with E-state index in [9.17, 15) is 18.0 Å². The molecule has 20 heavy (non-hydrogen) atoms. The maximum atomic E-state index is 12.7. The van der Waals surface area contributed by atoms with Crippen LogP contribution < -0.4 is 0 Å². The van der Waals surface area contributed by atoms with Crippen LogP contribution >= 0.6 is 11.6 Å². The molecular weight excluding hydrogens is 297 g/mol. The van der Waals surface area contributed by atoms with Crippen molar-refractivity contribution < 1.29 is 27.1 Å². The lowest BCUT2D eigenvalue weighted by molar-refractivity contribution is -0.137. The molecule has 0 aliphatic heterocycles. The van der Waals surface area contributed by atoms with Gasteiger partial charge in [0.2, 0.25) is 5.76 Å². The third-order valence-corrected chi connectivity index (χ3v) is 2.88. The molecule has 3 nitrogen and oxygen atoms in total. The molecule has 0 N–H and O–H groups in total. The van der Waals surface area contributed by atoms with Crippen molar-refractivity contribution in [2.45, 2.75) is 6.18 Å². The topological polar surface area (TPSA) is 39.4 Å². The van der Waals surface area contributed by atoms with Crippen LogP contribution in [0.3, 0.4) is 0 Å². The van der Waals surface area contributed by atoms with Crippen LogP contribution in [0.25, 0.3) is 11.3 Å². The highest BCUT2D eigenvalue weighted by Gasteiger charge is 2.31. The Hall–Kier alpha value is -1.95. The normalized spacial score (nSPS) is 11.4. The highest BCUT2D eigenvalue weighted by atomic mass is 35.5. The van der Waals surface area contributed by atoms with E-state index in [1.165, 1.54) is 19.2 Å². The molecule has 0 radical (unpaired) electrons. The van der Waals surface area contributed by atoms with Gasteiger partial charge in [-0.2, -0.15) is 13.2 Å². The molecule has 0 saturated carbocycles. The number of hydrogen-bond donors (Lipinski definition) is 0. The third-order valence-electron chi connectivity index (χ3n) is 2.55. The van der Waals surface area contributed by atoms with Crippen LogP contribution in [0.5, 0.6) is 0 Å². The Balaban J connectivity index is 2.47. The summed E-state index contributed by atoms with van der Waals surface area (Å²) in [4.78, 5) is 11.2. The Bertz CT molecular complexity index is 647.